The second kappa shape index (κ2) is 7.00. The molecule has 0 N–H and O–H groups in total. The molecule has 0 aliphatic carbocycles. The summed E-state index contributed by atoms with van der Waals surface area (Å²) < 4.78 is 10.1. The van der Waals surface area contributed by atoms with Gasteiger partial charge in [-0.3, -0.25) is 9.59 Å². The van der Waals surface area contributed by atoms with Crippen LogP contribution in [-0.2, 0) is 20.9 Å². The fourth-order valence-electron chi connectivity index (χ4n) is 2.50. The van der Waals surface area contributed by atoms with Crippen LogP contribution in [0.3, 0.4) is 0 Å². The normalized spacial score (nSPS) is 13.6. The lowest BCUT2D eigenvalue weighted by atomic mass is 10.1. The fraction of sp³-hybridized carbons (Fsp3) is 0.105. The van der Waals surface area contributed by atoms with E-state index in [2.05, 4.69) is 4.74 Å². The van der Waals surface area contributed by atoms with Crippen molar-refractivity contribution in [2.45, 2.75) is 6.61 Å². The van der Waals surface area contributed by atoms with Gasteiger partial charge in [0.05, 0.1) is 18.2 Å². The first-order valence-corrected chi connectivity index (χ1v) is 7.55. The minimum absolute atomic E-state index is 0.185. The number of hydrogen-bond acceptors (Lipinski definition) is 5. The number of amides is 2. The number of methoxy groups -OCH3 is 1. The van der Waals surface area contributed by atoms with Crippen molar-refractivity contribution in [3.63, 3.8) is 0 Å². The lowest BCUT2D eigenvalue weighted by Crippen LogP contribution is -2.33. The van der Waals surface area contributed by atoms with Crippen molar-refractivity contribution in [1.29, 1.82) is 0 Å². The van der Waals surface area contributed by atoms with E-state index in [1.807, 2.05) is 30.3 Å². The van der Waals surface area contributed by atoms with Crippen LogP contribution in [0, 0.1) is 0 Å². The molecule has 0 bridgehead atoms. The standard InChI is InChI=1S/C19H15NO5/c1-24-19(23)16(12-25-11-13-7-3-2-4-8-13)20-17(21)14-9-5-6-10-15(14)18(20)22/h2-10,12H,11H2,1H3. The van der Waals surface area contributed by atoms with Crippen molar-refractivity contribution in [1.82, 2.24) is 4.90 Å². The average Bonchev–Trinajstić information content (AvgIpc) is 2.90. The van der Waals surface area contributed by atoms with Crippen molar-refractivity contribution >= 4 is 17.8 Å². The molecular weight excluding hydrogens is 322 g/mol. The summed E-state index contributed by atoms with van der Waals surface area (Å²) in [4.78, 5) is 37.9. The molecule has 3 rings (SSSR count). The number of hydrogen-bond donors (Lipinski definition) is 0. The van der Waals surface area contributed by atoms with Crippen molar-refractivity contribution in [2.75, 3.05) is 7.11 Å². The van der Waals surface area contributed by atoms with E-state index in [0.29, 0.717) is 0 Å². The van der Waals surface area contributed by atoms with Gasteiger partial charge in [-0.2, -0.15) is 0 Å². The Hall–Kier alpha value is -3.41. The van der Waals surface area contributed by atoms with Gasteiger partial charge in [-0.15, -0.1) is 0 Å². The zero-order valence-electron chi connectivity index (χ0n) is 13.5. The molecule has 6 heteroatoms. The summed E-state index contributed by atoms with van der Waals surface area (Å²) in [6.45, 7) is 0.185. The Balaban J connectivity index is 1.87. The van der Waals surface area contributed by atoms with Gasteiger partial charge in [0, 0.05) is 0 Å². The van der Waals surface area contributed by atoms with Crippen LogP contribution in [0.15, 0.2) is 66.6 Å². The van der Waals surface area contributed by atoms with Crippen molar-refractivity contribution in [3.8, 4) is 0 Å². The third-order valence-corrected chi connectivity index (χ3v) is 3.72. The number of esters is 1. The molecule has 25 heavy (non-hydrogen) atoms. The summed E-state index contributed by atoms with van der Waals surface area (Å²) in [7, 11) is 1.17. The molecule has 0 radical (unpaired) electrons. The molecule has 0 saturated heterocycles. The average molecular weight is 337 g/mol. The first kappa shape index (κ1) is 16.4. The van der Waals surface area contributed by atoms with Gasteiger partial charge in [0.15, 0.2) is 5.70 Å². The molecule has 126 valence electrons. The largest absolute Gasteiger partial charge is 0.494 e. The Bertz CT molecular complexity index is 822. The van der Waals surface area contributed by atoms with E-state index in [4.69, 9.17) is 4.74 Å². The van der Waals surface area contributed by atoms with Crippen molar-refractivity contribution < 1.29 is 23.9 Å². The summed E-state index contributed by atoms with van der Waals surface area (Å²) in [6.07, 6.45) is 1.08. The van der Waals surface area contributed by atoms with Gasteiger partial charge in [0.2, 0.25) is 0 Å². The van der Waals surface area contributed by atoms with Gasteiger partial charge in [-0.1, -0.05) is 42.5 Å². The Kier molecular flexibility index (Phi) is 4.61. The van der Waals surface area contributed by atoms with E-state index in [-0.39, 0.29) is 23.4 Å². The Morgan fingerprint density at radius 2 is 1.52 bits per heavy atom. The number of carbonyl (C=O) groups excluding carboxylic acids is 3. The number of rotatable bonds is 5. The molecule has 2 aromatic carbocycles. The number of fused-ring (bicyclic) bond motifs is 1. The van der Waals surface area contributed by atoms with Crippen LogP contribution < -0.4 is 0 Å². The van der Waals surface area contributed by atoms with Crippen LogP contribution in [0.2, 0.25) is 0 Å². The highest BCUT2D eigenvalue weighted by atomic mass is 16.5. The highest BCUT2D eigenvalue weighted by Crippen LogP contribution is 2.26. The van der Waals surface area contributed by atoms with Crippen LogP contribution >= 0.6 is 0 Å². The molecule has 0 spiro atoms. The van der Waals surface area contributed by atoms with Crippen LogP contribution in [0.4, 0.5) is 0 Å². The molecule has 1 aliphatic heterocycles. The molecule has 0 fully saturated rings. The number of nitrogens with zero attached hydrogens (tertiary/aromatic N) is 1. The zero-order valence-corrected chi connectivity index (χ0v) is 13.5. The molecule has 0 saturated carbocycles. The summed E-state index contributed by atoms with van der Waals surface area (Å²) in [5.41, 5.74) is 1.10. The van der Waals surface area contributed by atoms with Gasteiger partial charge in [0.25, 0.3) is 11.8 Å². The number of benzene rings is 2. The van der Waals surface area contributed by atoms with E-state index in [1.54, 1.807) is 12.1 Å². The maximum atomic E-state index is 12.5. The van der Waals surface area contributed by atoms with E-state index < -0.39 is 17.8 Å². The summed E-state index contributed by atoms with van der Waals surface area (Å²) in [5.74, 6) is -2.00. The van der Waals surface area contributed by atoms with Crippen LogP contribution in [0.5, 0.6) is 0 Å². The topological polar surface area (TPSA) is 72.9 Å². The molecule has 0 aromatic heterocycles. The predicted octanol–water partition coefficient (Wildman–Crippen LogP) is 2.51. The van der Waals surface area contributed by atoms with Crippen LogP contribution in [-0.4, -0.2) is 29.8 Å². The van der Waals surface area contributed by atoms with E-state index in [0.717, 1.165) is 16.7 Å². The minimum Gasteiger partial charge on any atom is -0.494 e. The zero-order chi connectivity index (χ0) is 17.8. The molecule has 0 unspecified atom stereocenters. The van der Waals surface area contributed by atoms with Crippen molar-refractivity contribution in [3.05, 3.63) is 83.2 Å². The molecule has 1 heterocycles. The third kappa shape index (κ3) is 3.14. The Morgan fingerprint density at radius 1 is 0.960 bits per heavy atom. The lowest BCUT2D eigenvalue weighted by Gasteiger charge is -2.15. The molecule has 0 atom stereocenters. The highest BCUT2D eigenvalue weighted by Gasteiger charge is 2.40. The first-order valence-electron chi connectivity index (χ1n) is 7.55. The van der Waals surface area contributed by atoms with E-state index in [9.17, 15) is 14.4 Å². The quantitative estimate of drug-likeness (QED) is 0.363. The first-order chi connectivity index (χ1) is 12.1. The summed E-state index contributed by atoms with van der Waals surface area (Å²) >= 11 is 0. The molecule has 2 aromatic rings. The maximum Gasteiger partial charge on any atom is 0.358 e. The minimum atomic E-state index is -0.831. The van der Waals surface area contributed by atoms with Gasteiger partial charge in [-0.25, -0.2) is 9.69 Å². The molecule has 6 nitrogen and oxygen atoms in total. The van der Waals surface area contributed by atoms with Crippen LogP contribution in [0.25, 0.3) is 0 Å². The second-order valence-electron chi connectivity index (χ2n) is 5.28. The smallest absolute Gasteiger partial charge is 0.358 e. The maximum absolute atomic E-state index is 12.5. The van der Waals surface area contributed by atoms with E-state index in [1.165, 1.54) is 19.2 Å². The van der Waals surface area contributed by atoms with Gasteiger partial charge >= 0.3 is 5.97 Å². The summed E-state index contributed by atoms with van der Waals surface area (Å²) in [6, 6.07) is 15.7. The SMILES string of the molecule is COC(=O)C(=COCc1ccccc1)N1C(=O)c2ccccc2C1=O. The van der Waals surface area contributed by atoms with Gasteiger partial charge < -0.3 is 9.47 Å². The Morgan fingerprint density at radius 3 is 2.08 bits per heavy atom. The lowest BCUT2D eigenvalue weighted by molar-refractivity contribution is -0.137. The summed E-state index contributed by atoms with van der Waals surface area (Å²) in [5, 5.41) is 0. The molecule has 2 amide bonds. The molecular formula is C19H15NO5. The monoisotopic (exact) mass is 337 g/mol. The molecule has 1 aliphatic rings. The van der Waals surface area contributed by atoms with Gasteiger partial charge in [-0.05, 0) is 17.7 Å². The second-order valence-corrected chi connectivity index (χ2v) is 5.28. The number of ether oxygens (including phenoxy) is 2. The highest BCUT2D eigenvalue weighted by molar-refractivity contribution is 6.24. The van der Waals surface area contributed by atoms with Crippen molar-refractivity contribution in [2.24, 2.45) is 0 Å². The van der Waals surface area contributed by atoms with Crippen LogP contribution in [0.1, 0.15) is 26.3 Å². The number of imide groups is 1. The number of carbonyl (C=O) groups is 3. The fourth-order valence-corrected chi connectivity index (χ4v) is 2.50. The van der Waals surface area contributed by atoms with Gasteiger partial charge in [0.1, 0.15) is 12.9 Å². The van der Waals surface area contributed by atoms with E-state index >= 15 is 0 Å². The Labute approximate surface area is 144 Å². The third-order valence-electron chi connectivity index (χ3n) is 3.72. The predicted molar refractivity (Wildman–Crippen MR) is 88.3 cm³/mol.